The van der Waals surface area contributed by atoms with Crippen molar-refractivity contribution >= 4 is 6.03 Å². The van der Waals surface area contributed by atoms with E-state index >= 15 is 0 Å². The number of piperidine rings is 1. The molecule has 1 saturated heterocycles. The van der Waals surface area contributed by atoms with Gasteiger partial charge in [-0.2, -0.15) is 0 Å². The van der Waals surface area contributed by atoms with Crippen LogP contribution in [-0.4, -0.2) is 48.6 Å². The summed E-state index contributed by atoms with van der Waals surface area (Å²) in [6, 6.07) is 0.182. The molecule has 88 valence electrons. The van der Waals surface area contributed by atoms with Crippen molar-refractivity contribution in [2.75, 3.05) is 32.7 Å². The molecule has 2 N–H and O–H groups in total. The van der Waals surface area contributed by atoms with E-state index in [0.29, 0.717) is 13.1 Å². The molecule has 1 heterocycles. The Labute approximate surface area is 92.4 Å². The molecule has 0 aromatic rings. The maximum absolute atomic E-state index is 12.1. The first-order valence-electron chi connectivity index (χ1n) is 6.03. The first kappa shape index (κ1) is 12.3. The lowest BCUT2D eigenvalue weighted by atomic mass is 10.1. The molecule has 4 nitrogen and oxygen atoms in total. The second-order valence-corrected chi connectivity index (χ2v) is 4.11. The maximum atomic E-state index is 12.1. The Hall–Kier alpha value is -0.770. The number of amides is 2. The molecule has 4 heteroatoms. The van der Waals surface area contributed by atoms with Gasteiger partial charge in [0.15, 0.2) is 0 Å². The van der Waals surface area contributed by atoms with Crippen LogP contribution < -0.4 is 5.73 Å². The van der Waals surface area contributed by atoms with Crippen LogP contribution in [0.2, 0.25) is 0 Å². The van der Waals surface area contributed by atoms with E-state index in [1.165, 1.54) is 6.42 Å². The van der Waals surface area contributed by atoms with Crippen molar-refractivity contribution in [3.05, 3.63) is 0 Å². The van der Waals surface area contributed by atoms with Crippen LogP contribution >= 0.6 is 0 Å². The molecule has 0 radical (unpaired) electrons. The van der Waals surface area contributed by atoms with Gasteiger partial charge in [0.2, 0.25) is 0 Å². The van der Waals surface area contributed by atoms with Crippen molar-refractivity contribution in [1.82, 2.24) is 9.80 Å². The van der Waals surface area contributed by atoms with Crippen LogP contribution in [0.15, 0.2) is 0 Å². The number of carbonyl (C=O) groups excluding carboxylic acids is 1. The summed E-state index contributed by atoms with van der Waals surface area (Å²) in [6.07, 6.45) is 4.55. The average Bonchev–Trinajstić information content (AvgIpc) is 2.29. The number of rotatable bonds is 4. The lowest BCUT2D eigenvalue weighted by molar-refractivity contribution is 0.144. The Kier molecular flexibility index (Phi) is 5.47. The van der Waals surface area contributed by atoms with Gasteiger partial charge in [-0.05, 0) is 25.7 Å². The molecule has 0 aromatic heterocycles. The lowest BCUT2D eigenvalue weighted by Crippen LogP contribution is -2.47. The third-order valence-electron chi connectivity index (χ3n) is 2.79. The van der Waals surface area contributed by atoms with E-state index in [2.05, 4.69) is 6.92 Å². The minimum Gasteiger partial charge on any atom is -0.329 e. The summed E-state index contributed by atoms with van der Waals surface area (Å²) in [5.74, 6) is 0. The summed E-state index contributed by atoms with van der Waals surface area (Å²) in [6.45, 7) is 6.00. The van der Waals surface area contributed by atoms with Gasteiger partial charge in [0.25, 0.3) is 0 Å². The molecule has 0 atom stereocenters. The fourth-order valence-corrected chi connectivity index (χ4v) is 2.01. The monoisotopic (exact) mass is 213 g/mol. The fraction of sp³-hybridized carbons (Fsp3) is 0.909. The van der Waals surface area contributed by atoms with Crippen molar-refractivity contribution in [2.45, 2.75) is 32.6 Å². The first-order valence-corrected chi connectivity index (χ1v) is 6.03. The quantitative estimate of drug-likeness (QED) is 0.764. The zero-order chi connectivity index (χ0) is 11.1. The van der Waals surface area contributed by atoms with Crippen LogP contribution in [0.3, 0.4) is 0 Å². The van der Waals surface area contributed by atoms with Gasteiger partial charge < -0.3 is 15.5 Å². The smallest absolute Gasteiger partial charge is 0.320 e. The van der Waals surface area contributed by atoms with Crippen LogP contribution in [0.25, 0.3) is 0 Å². The Morgan fingerprint density at radius 2 is 1.93 bits per heavy atom. The Bertz CT molecular complexity index is 184. The van der Waals surface area contributed by atoms with Crippen molar-refractivity contribution < 1.29 is 4.79 Å². The Morgan fingerprint density at radius 1 is 1.27 bits per heavy atom. The van der Waals surface area contributed by atoms with Gasteiger partial charge in [-0.25, -0.2) is 4.79 Å². The number of hydrogen-bond acceptors (Lipinski definition) is 2. The maximum Gasteiger partial charge on any atom is 0.320 e. The summed E-state index contributed by atoms with van der Waals surface area (Å²) in [5, 5.41) is 0. The van der Waals surface area contributed by atoms with Gasteiger partial charge in [0.1, 0.15) is 0 Å². The number of nitrogens with zero attached hydrogens (tertiary/aromatic N) is 2. The Morgan fingerprint density at radius 3 is 2.47 bits per heavy atom. The number of hydrogen-bond donors (Lipinski definition) is 1. The second kappa shape index (κ2) is 6.67. The average molecular weight is 213 g/mol. The zero-order valence-corrected chi connectivity index (χ0v) is 9.74. The van der Waals surface area contributed by atoms with E-state index < -0.39 is 0 Å². The van der Waals surface area contributed by atoms with E-state index in [0.717, 1.165) is 38.9 Å². The van der Waals surface area contributed by atoms with Gasteiger partial charge in [-0.15, -0.1) is 0 Å². The predicted molar refractivity (Wildman–Crippen MR) is 61.7 cm³/mol. The molecular formula is C11H23N3O. The summed E-state index contributed by atoms with van der Waals surface area (Å²) in [7, 11) is 0. The van der Waals surface area contributed by atoms with Crippen LogP contribution in [0.1, 0.15) is 32.6 Å². The highest BCUT2D eigenvalue weighted by Crippen LogP contribution is 2.11. The van der Waals surface area contributed by atoms with Gasteiger partial charge >= 0.3 is 6.03 Å². The normalized spacial score (nSPS) is 16.5. The SMILES string of the molecule is CCCN(CCN)C(=O)N1CCCCC1. The van der Waals surface area contributed by atoms with E-state index in [1.54, 1.807) is 0 Å². The van der Waals surface area contributed by atoms with Gasteiger partial charge in [-0.1, -0.05) is 6.92 Å². The molecule has 2 amide bonds. The lowest BCUT2D eigenvalue weighted by Gasteiger charge is -2.32. The summed E-state index contributed by atoms with van der Waals surface area (Å²) in [4.78, 5) is 15.9. The number of nitrogens with two attached hydrogens (primary N) is 1. The largest absolute Gasteiger partial charge is 0.329 e. The van der Waals surface area contributed by atoms with E-state index in [4.69, 9.17) is 5.73 Å². The predicted octanol–water partition coefficient (Wildman–Crippen LogP) is 1.26. The molecule has 0 aliphatic carbocycles. The highest BCUT2D eigenvalue weighted by molar-refractivity contribution is 5.74. The van der Waals surface area contributed by atoms with Crippen LogP contribution in [0.5, 0.6) is 0 Å². The number of carbonyl (C=O) groups is 1. The third-order valence-corrected chi connectivity index (χ3v) is 2.79. The van der Waals surface area contributed by atoms with Crippen LogP contribution in [-0.2, 0) is 0 Å². The van der Waals surface area contributed by atoms with E-state index in [1.807, 2.05) is 9.80 Å². The molecular weight excluding hydrogens is 190 g/mol. The van der Waals surface area contributed by atoms with Crippen molar-refractivity contribution in [1.29, 1.82) is 0 Å². The molecule has 1 aliphatic heterocycles. The Balaban J connectivity index is 2.45. The van der Waals surface area contributed by atoms with Crippen LogP contribution in [0.4, 0.5) is 4.79 Å². The highest BCUT2D eigenvalue weighted by atomic mass is 16.2. The molecule has 1 fully saturated rings. The van der Waals surface area contributed by atoms with Crippen molar-refractivity contribution in [3.63, 3.8) is 0 Å². The summed E-state index contributed by atoms with van der Waals surface area (Å²) >= 11 is 0. The topological polar surface area (TPSA) is 49.6 Å². The molecule has 0 bridgehead atoms. The standard InChI is InChI=1S/C11H23N3O/c1-2-7-13(10-6-12)11(15)14-8-4-3-5-9-14/h2-10,12H2,1H3. The minimum atomic E-state index is 0.182. The van der Waals surface area contributed by atoms with E-state index in [9.17, 15) is 4.79 Å². The van der Waals surface area contributed by atoms with Gasteiger partial charge in [-0.3, -0.25) is 0 Å². The molecule has 0 aromatic carbocycles. The van der Waals surface area contributed by atoms with Crippen molar-refractivity contribution in [3.8, 4) is 0 Å². The molecule has 0 spiro atoms. The molecule has 15 heavy (non-hydrogen) atoms. The summed E-state index contributed by atoms with van der Waals surface area (Å²) < 4.78 is 0. The number of likely N-dealkylation sites (tertiary alicyclic amines) is 1. The fourth-order valence-electron chi connectivity index (χ4n) is 2.01. The highest BCUT2D eigenvalue weighted by Gasteiger charge is 2.21. The zero-order valence-electron chi connectivity index (χ0n) is 9.74. The molecule has 0 saturated carbocycles. The van der Waals surface area contributed by atoms with Crippen LogP contribution in [0, 0.1) is 0 Å². The molecule has 1 rings (SSSR count). The second-order valence-electron chi connectivity index (χ2n) is 4.11. The first-order chi connectivity index (χ1) is 7.29. The minimum absolute atomic E-state index is 0.182. The van der Waals surface area contributed by atoms with Crippen molar-refractivity contribution in [2.24, 2.45) is 5.73 Å². The van der Waals surface area contributed by atoms with Gasteiger partial charge in [0, 0.05) is 32.7 Å². The summed E-state index contributed by atoms with van der Waals surface area (Å²) in [5.41, 5.74) is 5.51. The molecule has 0 unspecified atom stereocenters. The van der Waals surface area contributed by atoms with E-state index in [-0.39, 0.29) is 6.03 Å². The number of urea groups is 1. The molecule has 1 aliphatic rings. The third kappa shape index (κ3) is 3.70. The van der Waals surface area contributed by atoms with Gasteiger partial charge in [0.05, 0.1) is 0 Å².